The van der Waals surface area contributed by atoms with E-state index in [1.54, 1.807) is 31.5 Å². The summed E-state index contributed by atoms with van der Waals surface area (Å²) in [4.78, 5) is 14.7. The van der Waals surface area contributed by atoms with E-state index in [0.717, 1.165) is 0 Å². The van der Waals surface area contributed by atoms with Crippen molar-refractivity contribution in [3.63, 3.8) is 0 Å². The number of carbonyl (C=O) groups excluding carboxylic acids is 1. The number of halogens is 1. The quantitative estimate of drug-likeness (QED) is 0.837. The summed E-state index contributed by atoms with van der Waals surface area (Å²) in [5, 5.41) is 0. The fraction of sp³-hybridized carbons (Fsp3) is 0.100. The van der Waals surface area contributed by atoms with Crippen molar-refractivity contribution in [2.75, 3.05) is 0 Å². The van der Waals surface area contributed by atoms with Crippen LogP contribution in [0.25, 0.3) is 0 Å². The highest BCUT2D eigenvalue weighted by Gasteiger charge is 2.15. The van der Waals surface area contributed by atoms with E-state index in [1.165, 1.54) is 0 Å². The molecule has 1 N–H and O–H groups in total. The van der Waals surface area contributed by atoms with Gasteiger partial charge in [0.25, 0.3) is 0 Å². The van der Waals surface area contributed by atoms with Crippen LogP contribution in [0.2, 0.25) is 0 Å². The molecular formula is C10H8BrNO2. The molecule has 0 aromatic carbocycles. The van der Waals surface area contributed by atoms with Crippen molar-refractivity contribution in [1.82, 2.24) is 4.98 Å². The first-order valence-electron chi connectivity index (χ1n) is 4.12. The maximum absolute atomic E-state index is 11.8. The Labute approximate surface area is 89.3 Å². The second-order valence-electron chi connectivity index (χ2n) is 2.95. The first-order valence-corrected chi connectivity index (χ1v) is 4.91. The minimum atomic E-state index is -0.0294. The van der Waals surface area contributed by atoms with Gasteiger partial charge in [0.05, 0.1) is 5.56 Å². The minimum Gasteiger partial charge on any atom is -0.454 e. The molecule has 72 valence electrons. The molecule has 0 amide bonds. The van der Waals surface area contributed by atoms with Crippen LogP contribution >= 0.6 is 15.9 Å². The summed E-state index contributed by atoms with van der Waals surface area (Å²) in [7, 11) is 0. The number of nitrogens with one attached hydrogen (secondary N) is 1. The molecule has 0 unspecified atom stereocenters. The minimum absolute atomic E-state index is 0.0294. The van der Waals surface area contributed by atoms with E-state index in [0.29, 0.717) is 21.6 Å². The van der Waals surface area contributed by atoms with Crippen molar-refractivity contribution in [3.05, 3.63) is 46.1 Å². The van der Waals surface area contributed by atoms with Gasteiger partial charge in [-0.05, 0) is 28.9 Å². The van der Waals surface area contributed by atoms with Crippen LogP contribution in [-0.2, 0) is 0 Å². The molecule has 0 saturated heterocycles. The van der Waals surface area contributed by atoms with Crippen LogP contribution in [0.4, 0.5) is 0 Å². The van der Waals surface area contributed by atoms with Crippen LogP contribution in [0, 0.1) is 6.92 Å². The molecular weight excluding hydrogens is 246 g/mol. The van der Waals surface area contributed by atoms with E-state index >= 15 is 0 Å². The maximum atomic E-state index is 11.8. The number of H-pyrrole nitrogens is 1. The fourth-order valence-electron chi connectivity index (χ4n) is 1.29. The van der Waals surface area contributed by atoms with E-state index in [4.69, 9.17) is 4.42 Å². The number of ketones is 1. The van der Waals surface area contributed by atoms with E-state index in [9.17, 15) is 4.79 Å². The molecule has 14 heavy (non-hydrogen) atoms. The van der Waals surface area contributed by atoms with Crippen molar-refractivity contribution >= 4 is 21.7 Å². The van der Waals surface area contributed by atoms with Crippen molar-refractivity contribution in [3.8, 4) is 0 Å². The number of furan rings is 1. The largest absolute Gasteiger partial charge is 0.454 e. The van der Waals surface area contributed by atoms with Crippen molar-refractivity contribution in [2.24, 2.45) is 0 Å². The Morgan fingerprint density at radius 1 is 1.57 bits per heavy atom. The zero-order chi connectivity index (χ0) is 10.1. The van der Waals surface area contributed by atoms with Crippen molar-refractivity contribution < 1.29 is 9.21 Å². The zero-order valence-electron chi connectivity index (χ0n) is 7.50. The first-order chi connectivity index (χ1) is 6.68. The number of hydrogen-bond donors (Lipinski definition) is 1. The summed E-state index contributed by atoms with van der Waals surface area (Å²) < 4.78 is 5.80. The highest BCUT2D eigenvalue weighted by molar-refractivity contribution is 9.10. The third-order valence-corrected chi connectivity index (χ3v) is 2.38. The van der Waals surface area contributed by atoms with Crippen LogP contribution in [0.15, 0.2) is 33.6 Å². The van der Waals surface area contributed by atoms with Gasteiger partial charge in [0.2, 0.25) is 0 Å². The molecule has 2 rings (SSSR count). The average molecular weight is 254 g/mol. The zero-order valence-corrected chi connectivity index (χ0v) is 9.09. The van der Waals surface area contributed by atoms with E-state index in [1.807, 2.05) is 0 Å². The van der Waals surface area contributed by atoms with Crippen LogP contribution in [0.1, 0.15) is 21.7 Å². The Morgan fingerprint density at radius 2 is 2.36 bits per heavy atom. The monoisotopic (exact) mass is 253 g/mol. The molecule has 0 radical (unpaired) electrons. The van der Waals surface area contributed by atoms with Crippen molar-refractivity contribution in [2.45, 2.75) is 6.92 Å². The molecule has 0 spiro atoms. The molecule has 0 aliphatic carbocycles. The number of aryl methyl sites for hydroxylation is 1. The third-order valence-electron chi connectivity index (χ3n) is 1.99. The van der Waals surface area contributed by atoms with Crippen LogP contribution in [0.5, 0.6) is 0 Å². The molecule has 4 heteroatoms. The standard InChI is InChI=1S/C10H8BrNO2/c1-6-8(4-9(11)14-6)10(13)7-2-3-12-5-7/h2-5,12H,1H3. The average Bonchev–Trinajstić information content (AvgIpc) is 2.73. The predicted molar refractivity (Wildman–Crippen MR) is 55.4 cm³/mol. The molecule has 0 fully saturated rings. The molecule has 2 aromatic rings. The number of hydrogen-bond acceptors (Lipinski definition) is 2. The lowest BCUT2D eigenvalue weighted by molar-refractivity contribution is 0.103. The van der Waals surface area contributed by atoms with Gasteiger partial charge in [-0.15, -0.1) is 0 Å². The smallest absolute Gasteiger partial charge is 0.198 e. The summed E-state index contributed by atoms with van der Waals surface area (Å²) in [5.41, 5.74) is 1.23. The van der Waals surface area contributed by atoms with Gasteiger partial charge in [0.15, 0.2) is 10.5 Å². The normalized spacial score (nSPS) is 10.4. The van der Waals surface area contributed by atoms with Gasteiger partial charge in [-0.3, -0.25) is 4.79 Å². The van der Waals surface area contributed by atoms with Crippen LogP contribution in [-0.4, -0.2) is 10.8 Å². The van der Waals surface area contributed by atoms with Crippen LogP contribution < -0.4 is 0 Å². The molecule has 3 nitrogen and oxygen atoms in total. The number of aromatic nitrogens is 1. The highest BCUT2D eigenvalue weighted by atomic mass is 79.9. The van der Waals surface area contributed by atoms with E-state index < -0.39 is 0 Å². The summed E-state index contributed by atoms with van der Waals surface area (Å²) in [6, 6.07) is 3.42. The fourth-order valence-corrected chi connectivity index (χ4v) is 1.76. The van der Waals surface area contributed by atoms with Gasteiger partial charge >= 0.3 is 0 Å². The number of carbonyl (C=O) groups is 1. The van der Waals surface area contributed by atoms with Gasteiger partial charge in [-0.25, -0.2) is 0 Å². The lowest BCUT2D eigenvalue weighted by Crippen LogP contribution is -1.99. The predicted octanol–water partition coefficient (Wildman–Crippen LogP) is 2.91. The lowest BCUT2D eigenvalue weighted by atomic mass is 10.1. The van der Waals surface area contributed by atoms with Gasteiger partial charge in [-0.2, -0.15) is 0 Å². The Morgan fingerprint density at radius 3 is 2.86 bits per heavy atom. The SMILES string of the molecule is Cc1oc(Br)cc1C(=O)c1cc[nH]c1. The number of aromatic amines is 1. The van der Waals surface area contributed by atoms with Gasteiger partial charge in [0.1, 0.15) is 5.76 Å². The Hall–Kier alpha value is -1.29. The van der Waals surface area contributed by atoms with Gasteiger partial charge in [0, 0.05) is 24.0 Å². The van der Waals surface area contributed by atoms with E-state index in [-0.39, 0.29) is 5.78 Å². The number of rotatable bonds is 2. The second-order valence-corrected chi connectivity index (χ2v) is 3.73. The summed E-state index contributed by atoms with van der Waals surface area (Å²) in [5.74, 6) is 0.598. The van der Waals surface area contributed by atoms with Crippen molar-refractivity contribution in [1.29, 1.82) is 0 Å². The van der Waals surface area contributed by atoms with Gasteiger partial charge in [-0.1, -0.05) is 0 Å². The Bertz CT molecular complexity index is 456. The summed E-state index contributed by atoms with van der Waals surface area (Å²) in [6.07, 6.45) is 3.39. The van der Waals surface area contributed by atoms with Crippen LogP contribution in [0.3, 0.4) is 0 Å². The summed E-state index contributed by atoms with van der Waals surface area (Å²) in [6.45, 7) is 1.77. The Kier molecular flexibility index (Phi) is 2.29. The molecule has 0 aliphatic rings. The topological polar surface area (TPSA) is 46.0 Å². The molecule has 0 atom stereocenters. The van der Waals surface area contributed by atoms with Gasteiger partial charge < -0.3 is 9.40 Å². The first kappa shape index (κ1) is 9.27. The highest BCUT2D eigenvalue weighted by Crippen LogP contribution is 2.21. The maximum Gasteiger partial charge on any atom is 0.198 e. The molecule has 2 heterocycles. The Balaban J connectivity index is 2.41. The second kappa shape index (κ2) is 3.46. The van der Waals surface area contributed by atoms with E-state index in [2.05, 4.69) is 20.9 Å². The molecule has 0 bridgehead atoms. The summed E-state index contributed by atoms with van der Waals surface area (Å²) >= 11 is 3.19. The lowest BCUT2D eigenvalue weighted by Gasteiger charge is -1.93. The molecule has 0 aliphatic heterocycles. The molecule has 2 aromatic heterocycles. The molecule has 0 saturated carbocycles. The third kappa shape index (κ3) is 1.53.